The summed E-state index contributed by atoms with van der Waals surface area (Å²) in [6.45, 7) is 18.8. The van der Waals surface area contributed by atoms with Gasteiger partial charge in [-0.05, 0) is 79.5 Å². The van der Waals surface area contributed by atoms with Gasteiger partial charge in [-0.3, -0.25) is 19.2 Å². The minimum atomic E-state index is -2.27. The summed E-state index contributed by atoms with van der Waals surface area (Å²) in [6, 6.07) is -0.786. The number of aliphatic carboxylic acids is 2. The lowest BCUT2D eigenvalue weighted by molar-refractivity contribution is -0.342. The monoisotopic (exact) mass is 1190 g/mol. The molecule has 4 aliphatic heterocycles. The summed E-state index contributed by atoms with van der Waals surface area (Å²) in [4.78, 5) is 86.0. The van der Waals surface area contributed by atoms with E-state index in [1.165, 1.54) is 34.1 Å². The summed E-state index contributed by atoms with van der Waals surface area (Å²) >= 11 is 0. The van der Waals surface area contributed by atoms with E-state index in [0.717, 1.165) is 0 Å². The highest BCUT2D eigenvalue weighted by Gasteiger charge is 2.53. The number of aliphatic hydroxyl groups is 5. The van der Waals surface area contributed by atoms with Crippen molar-refractivity contribution in [1.82, 2.24) is 4.90 Å². The van der Waals surface area contributed by atoms with E-state index in [1.54, 1.807) is 66.6 Å². The number of carbonyl (C=O) groups is 7. The van der Waals surface area contributed by atoms with Gasteiger partial charge in [0.25, 0.3) is 0 Å². The van der Waals surface area contributed by atoms with Crippen LogP contribution in [0.3, 0.4) is 0 Å². The number of rotatable bonds is 20. The summed E-state index contributed by atoms with van der Waals surface area (Å²) in [5, 5.41) is 67.9. The predicted octanol–water partition coefficient (Wildman–Crippen LogP) is 1.88. The van der Waals surface area contributed by atoms with Gasteiger partial charge in [0.2, 0.25) is 0 Å². The zero-order valence-corrected chi connectivity index (χ0v) is 50.5. The molecule has 23 atom stereocenters. The van der Waals surface area contributed by atoms with Gasteiger partial charge in [-0.1, -0.05) is 52.3 Å². The second kappa shape index (κ2) is 33.5. The number of hydrogen-bond acceptors (Lipinski definition) is 24. The Labute approximate surface area is 485 Å². The van der Waals surface area contributed by atoms with E-state index in [-0.39, 0.29) is 44.0 Å². The van der Waals surface area contributed by atoms with Crippen molar-refractivity contribution in [1.29, 1.82) is 0 Å². The average Bonchev–Trinajstić information content (AvgIpc) is 3.27. The summed E-state index contributed by atoms with van der Waals surface area (Å²) in [6.07, 6.45) is -13.0. The van der Waals surface area contributed by atoms with E-state index in [0.29, 0.717) is 18.3 Å². The molecule has 4 rings (SSSR count). The van der Waals surface area contributed by atoms with Crippen LogP contribution in [-0.4, -0.2) is 233 Å². The molecule has 476 valence electrons. The molecule has 0 bridgehead atoms. The van der Waals surface area contributed by atoms with Gasteiger partial charge in [0.1, 0.15) is 42.4 Å². The molecule has 0 aromatic rings. The van der Waals surface area contributed by atoms with E-state index in [2.05, 4.69) is 0 Å². The SMILES string of the molecule is CCC1OC(=O)CC(O)C(C)C(OC2OC(C)C(OC3CC(C)(O)C(OC(C)=O)C(C)O3)C(N(C)C)C2O)C(CC=O)CC(C)C(=O)/C=C\C(C)=C\C1COC1OC(C)C(OC(=O)CC(C)C)C(OC)C1OC.O=C(O)C(O)C(O)C(=O)O. The number of cyclic esters (lactones) is 1. The van der Waals surface area contributed by atoms with Gasteiger partial charge in [-0.2, -0.15) is 0 Å². The number of aliphatic hydroxyl groups excluding tert-OH is 4. The molecule has 0 aliphatic carbocycles. The third-order valence-corrected chi connectivity index (χ3v) is 15.3. The Bertz CT molecular complexity index is 2150. The van der Waals surface area contributed by atoms with Gasteiger partial charge in [-0.15, -0.1) is 0 Å². The number of ether oxygens (including phenoxy) is 11. The van der Waals surface area contributed by atoms with Crippen molar-refractivity contribution < 1.29 is 121 Å². The van der Waals surface area contributed by atoms with Crippen LogP contribution in [-0.2, 0) is 85.7 Å². The van der Waals surface area contributed by atoms with Crippen molar-refractivity contribution in [2.24, 2.45) is 29.6 Å². The Kier molecular flexibility index (Phi) is 29.4. The Hall–Kier alpha value is -4.39. The quantitative estimate of drug-likeness (QED) is 0.0520. The molecule has 0 amide bonds. The van der Waals surface area contributed by atoms with Crippen LogP contribution in [0.15, 0.2) is 23.8 Å². The molecular weight excluding hydrogens is 1100 g/mol. The zero-order valence-electron chi connectivity index (χ0n) is 50.5. The van der Waals surface area contributed by atoms with E-state index >= 15 is 0 Å². The minimum Gasteiger partial charge on any atom is -0.479 e. The van der Waals surface area contributed by atoms with Gasteiger partial charge in [0, 0.05) is 58.2 Å². The van der Waals surface area contributed by atoms with Gasteiger partial charge in [-0.25, -0.2) is 9.59 Å². The van der Waals surface area contributed by atoms with E-state index in [1.807, 2.05) is 26.8 Å². The number of carboxylic acid groups (broad SMARTS) is 2. The number of likely N-dealkylation sites (N-methyl/N-ethyl adjacent to an activating group) is 1. The summed E-state index contributed by atoms with van der Waals surface area (Å²) in [5.41, 5.74) is -0.840. The zero-order chi connectivity index (χ0) is 63.0. The first-order valence-corrected chi connectivity index (χ1v) is 28.1. The predicted molar refractivity (Wildman–Crippen MR) is 290 cm³/mol. The lowest BCUT2D eigenvalue weighted by Crippen LogP contribution is -2.65. The van der Waals surface area contributed by atoms with Crippen molar-refractivity contribution in [2.75, 3.05) is 34.9 Å². The Morgan fingerprint density at radius 1 is 0.831 bits per heavy atom. The Morgan fingerprint density at radius 2 is 1.42 bits per heavy atom. The molecule has 4 aliphatic rings. The molecule has 0 radical (unpaired) electrons. The maximum absolute atomic E-state index is 14.0. The van der Waals surface area contributed by atoms with Gasteiger partial charge < -0.3 is 97.5 Å². The highest BCUT2D eigenvalue weighted by molar-refractivity contribution is 5.91. The average molecular weight is 1190 g/mol. The molecule has 0 saturated carbocycles. The van der Waals surface area contributed by atoms with E-state index in [4.69, 9.17) is 72.5 Å². The summed E-state index contributed by atoms with van der Waals surface area (Å²) < 4.78 is 67.2. The van der Waals surface area contributed by atoms with Crippen molar-refractivity contribution >= 4 is 41.9 Å². The van der Waals surface area contributed by atoms with Gasteiger partial charge >= 0.3 is 29.8 Å². The maximum Gasteiger partial charge on any atom is 0.335 e. The summed E-state index contributed by atoms with van der Waals surface area (Å²) in [7, 11) is 6.45. The van der Waals surface area contributed by atoms with Crippen molar-refractivity contribution in [3.8, 4) is 0 Å². The highest BCUT2D eigenvalue weighted by Crippen LogP contribution is 2.38. The van der Waals surface area contributed by atoms with Crippen LogP contribution in [0.25, 0.3) is 0 Å². The van der Waals surface area contributed by atoms with Crippen LogP contribution < -0.4 is 0 Å². The topological polar surface area (TPSA) is 366 Å². The molecule has 26 nitrogen and oxygen atoms in total. The lowest BCUT2D eigenvalue weighted by Gasteiger charge is -2.50. The normalized spacial score (nSPS) is 38.5. The number of carboxylic acids is 2. The number of carbonyl (C=O) groups excluding carboxylic acids is 5. The van der Waals surface area contributed by atoms with Crippen molar-refractivity contribution in [3.63, 3.8) is 0 Å². The summed E-state index contributed by atoms with van der Waals surface area (Å²) in [5.74, 6) is -8.17. The number of esters is 3. The first kappa shape index (κ1) is 72.9. The fourth-order valence-corrected chi connectivity index (χ4v) is 10.9. The van der Waals surface area contributed by atoms with Crippen LogP contribution in [0.5, 0.6) is 0 Å². The molecule has 26 heteroatoms. The first-order chi connectivity index (χ1) is 38.7. The van der Waals surface area contributed by atoms with Crippen molar-refractivity contribution in [3.05, 3.63) is 23.8 Å². The van der Waals surface area contributed by atoms with Crippen LogP contribution in [0.2, 0.25) is 0 Å². The minimum absolute atomic E-state index is 0.0405. The van der Waals surface area contributed by atoms with Crippen LogP contribution in [0.4, 0.5) is 0 Å². The third kappa shape index (κ3) is 20.9. The molecule has 83 heavy (non-hydrogen) atoms. The molecule has 4 heterocycles. The fourth-order valence-electron chi connectivity index (χ4n) is 10.9. The molecule has 3 fully saturated rings. The smallest absolute Gasteiger partial charge is 0.335 e. The van der Waals surface area contributed by atoms with Gasteiger partial charge in [0.15, 0.2) is 49.1 Å². The van der Waals surface area contributed by atoms with Crippen LogP contribution in [0.1, 0.15) is 115 Å². The number of aldehydes is 1. The molecule has 23 unspecified atom stereocenters. The molecule has 0 aromatic heterocycles. The number of allylic oxidation sites excluding steroid dienone is 3. The number of methoxy groups -OCH3 is 2. The number of nitrogens with zero attached hydrogens (tertiary/aromatic N) is 1. The molecule has 7 N–H and O–H groups in total. The number of hydrogen-bond donors (Lipinski definition) is 7. The fraction of sp³-hybridized carbons (Fsp3) is 0.807. The standard InChI is InChI=1S/C53H87NO19.C4H6O6/c1-16-39-36(26-65-52-49(64-15)48(63-14)47(32(8)68-52)71-40(59)21-27(2)3)22-28(4)17-18-37(57)29(5)23-35(19-20-55)45(30(6)38(58)24-41(60)70-39)73-51-44(61)43(54(12)13)46(31(7)67-51)72-42-25-53(11,62)50(33(9)66-42)69-34(10)56;5-1(3(7)8)2(6)4(9)10/h17-18,20,22,27,29-33,35-36,38-39,42-52,58,61-62H,16,19,21,23-26H2,1-15H3;1-2,5-6H,(H,7,8)(H,9,10)/b18-17-,28-22+;. The van der Waals surface area contributed by atoms with E-state index < -0.39 is 176 Å². The molecule has 3 saturated heterocycles. The highest BCUT2D eigenvalue weighted by atomic mass is 16.7. The third-order valence-electron chi connectivity index (χ3n) is 15.3. The second-order valence-corrected chi connectivity index (χ2v) is 23.0. The largest absolute Gasteiger partial charge is 0.479 e. The number of ketones is 1. The Balaban J connectivity index is 0.00000164. The second-order valence-electron chi connectivity index (χ2n) is 23.0. The van der Waals surface area contributed by atoms with Gasteiger partial charge in [0.05, 0.1) is 49.6 Å². The lowest BCUT2D eigenvalue weighted by atomic mass is 9.79. The molecule has 0 aromatic carbocycles. The maximum atomic E-state index is 14.0. The Morgan fingerprint density at radius 3 is 1.94 bits per heavy atom. The molecular formula is C57H93NO25. The van der Waals surface area contributed by atoms with Crippen LogP contribution >= 0.6 is 0 Å². The van der Waals surface area contributed by atoms with Crippen molar-refractivity contribution in [2.45, 2.75) is 231 Å². The first-order valence-electron chi connectivity index (χ1n) is 28.1. The van der Waals surface area contributed by atoms with E-state index in [9.17, 15) is 48.9 Å². The van der Waals surface area contributed by atoms with Crippen LogP contribution in [0, 0.1) is 29.6 Å². The molecule has 0 spiro atoms.